The Bertz CT molecular complexity index is 554. The van der Waals surface area contributed by atoms with Crippen molar-refractivity contribution in [2.24, 2.45) is 0 Å². The molecule has 0 aliphatic carbocycles. The molecular weight excluding hydrogens is 266 g/mol. The highest BCUT2D eigenvalue weighted by Crippen LogP contribution is 2.23. The molecule has 4 heteroatoms. The number of thiophene rings is 1. The molecule has 0 radical (unpaired) electrons. The lowest BCUT2D eigenvalue weighted by Gasteiger charge is -2.05. The maximum atomic E-state index is 4.71. The van der Waals surface area contributed by atoms with Gasteiger partial charge in [-0.15, -0.1) is 11.3 Å². The second-order valence-corrected chi connectivity index (χ2v) is 6.41. The molecule has 110 valence electrons. The molecule has 0 aromatic carbocycles. The van der Waals surface area contributed by atoms with Gasteiger partial charge in [0.05, 0.1) is 12.2 Å². The Morgan fingerprint density at radius 3 is 2.65 bits per heavy atom. The normalized spacial score (nSPS) is 11.2. The van der Waals surface area contributed by atoms with Crippen LogP contribution in [0.4, 0.5) is 0 Å². The summed E-state index contributed by atoms with van der Waals surface area (Å²) in [5.74, 6) is 0. The number of nitrogens with one attached hydrogen (secondary N) is 1. The highest BCUT2D eigenvalue weighted by Gasteiger charge is 2.10. The van der Waals surface area contributed by atoms with Gasteiger partial charge >= 0.3 is 0 Å². The van der Waals surface area contributed by atoms with Gasteiger partial charge in [0.25, 0.3) is 0 Å². The predicted octanol–water partition coefficient (Wildman–Crippen LogP) is 3.54. The standard InChI is InChI=1S/C16H25N3S/c1-5-14-9-15(6-2)19(18-14)11-13-8-16(10-17-7-3)20-12(13)4/h8-9,17H,5-7,10-11H2,1-4H3. The molecule has 2 heterocycles. The van der Waals surface area contributed by atoms with Gasteiger partial charge in [-0.05, 0) is 44.0 Å². The van der Waals surface area contributed by atoms with Crippen molar-refractivity contribution >= 4 is 11.3 Å². The third kappa shape index (κ3) is 3.49. The van der Waals surface area contributed by atoms with Crippen LogP contribution in [0.15, 0.2) is 12.1 Å². The third-order valence-corrected chi connectivity index (χ3v) is 4.67. The molecule has 3 nitrogen and oxygen atoms in total. The topological polar surface area (TPSA) is 29.9 Å². The molecule has 0 saturated carbocycles. The summed E-state index contributed by atoms with van der Waals surface area (Å²) < 4.78 is 2.17. The van der Waals surface area contributed by atoms with Crippen LogP contribution in [0.2, 0.25) is 0 Å². The van der Waals surface area contributed by atoms with Gasteiger partial charge in [0.1, 0.15) is 0 Å². The summed E-state index contributed by atoms with van der Waals surface area (Å²) in [7, 11) is 0. The average molecular weight is 291 g/mol. The number of aryl methyl sites for hydroxylation is 3. The Labute approximate surface area is 126 Å². The fraction of sp³-hybridized carbons (Fsp3) is 0.562. The third-order valence-electron chi connectivity index (χ3n) is 3.58. The molecule has 20 heavy (non-hydrogen) atoms. The summed E-state index contributed by atoms with van der Waals surface area (Å²) in [6.45, 7) is 11.6. The fourth-order valence-corrected chi connectivity index (χ4v) is 3.37. The summed E-state index contributed by atoms with van der Waals surface area (Å²) in [5, 5.41) is 8.11. The lowest BCUT2D eigenvalue weighted by atomic mass is 10.2. The van der Waals surface area contributed by atoms with E-state index >= 15 is 0 Å². The minimum atomic E-state index is 0.900. The van der Waals surface area contributed by atoms with Crippen LogP contribution in [-0.2, 0) is 25.9 Å². The molecule has 0 spiro atoms. The minimum Gasteiger partial charge on any atom is -0.312 e. The van der Waals surface area contributed by atoms with Gasteiger partial charge in [0, 0.05) is 22.0 Å². The van der Waals surface area contributed by atoms with E-state index in [-0.39, 0.29) is 0 Å². The van der Waals surface area contributed by atoms with Crippen molar-refractivity contribution in [2.45, 2.75) is 53.6 Å². The van der Waals surface area contributed by atoms with Gasteiger partial charge in [-0.25, -0.2) is 0 Å². The van der Waals surface area contributed by atoms with Crippen LogP contribution >= 0.6 is 11.3 Å². The first kappa shape index (κ1) is 15.3. The van der Waals surface area contributed by atoms with Crippen molar-refractivity contribution in [3.05, 3.63) is 38.8 Å². The van der Waals surface area contributed by atoms with Gasteiger partial charge in [-0.1, -0.05) is 20.8 Å². The Morgan fingerprint density at radius 2 is 2.00 bits per heavy atom. The Balaban J connectivity index is 2.16. The summed E-state index contributed by atoms with van der Waals surface area (Å²) >= 11 is 1.90. The lowest BCUT2D eigenvalue weighted by molar-refractivity contribution is 0.639. The Hall–Kier alpha value is -1.13. The molecule has 0 bridgehead atoms. The molecule has 2 rings (SSSR count). The lowest BCUT2D eigenvalue weighted by Crippen LogP contribution is -2.10. The van der Waals surface area contributed by atoms with Crippen molar-refractivity contribution in [3.63, 3.8) is 0 Å². The number of aromatic nitrogens is 2. The van der Waals surface area contributed by atoms with Crippen LogP contribution in [0.25, 0.3) is 0 Å². The summed E-state index contributed by atoms with van der Waals surface area (Å²) in [4.78, 5) is 2.83. The SMILES string of the molecule is CCNCc1cc(Cn2nc(CC)cc2CC)c(C)s1. The maximum Gasteiger partial charge on any atom is 0.0673 e. The summed E-state index contributed by atoms with van der Waals surface area (Å²) in [5.41, 5.74) is 3.94. The van der Waals surface area contributed by atoms with Crippen molar-refractivity contribution < 1.29 is 0 Å². The van der Waals surface area contributed by atoms with E-state index in [2.05, 4.69) is 49.8 Å². The van der Waals surface area contributed by atoms with Gasteiger partial charge in [0.15, 0.2) is 0 Å². The molecule has 1 N–H and O–H groups in total. The quantitative estimate of drug-likeness (QED) is 0.845. The summed E-state index contributed by atoms with van der Waals surface area (Å²) in [6.07, 6.45) is 2.05. The molecule has 0 aliphatic rings. The zero-order chi connectivity index (χ0) is 14.5. The van der Waals surface area contributed by atoms with E-state index in [9.17, 15) is 0 Å². The number of rotatable bonds is 7. The van der Waals surface area contributed by atoms with Crippen molar-refractivity contribution in [1.82, 2.24) is 15.1 Å². The monoisotopic (exact) mass is 291 g/mol. The molecule has 0 saturated heterocycles. The van der Waals surface area contributed by atoms with E-state index in [1.54, 1.807) is 0 Å². The molecule has 2 aromatic rings. The predicted molar refractivity (Wildman–Crippen MR) is 86.5 cm³/mol. The van der Waals surface area contributed by atoms with Crippen LogP contribution in [0.5, 0.6) is 0 Å². The zero-order valence-electron chi connectivity index (χ0n) is 13.0. The first-order chi connectivity index (χ1) is 9.67. The largest absolute Gasteiger partial charge is 0.312 e. The smallest absolute Gasteiger partial charge is 0.0673 e. The highest BCUT2D eigenvalue weighted by molar-refractivity contribution is 7.12. The minimum absolute atomic E-state index is 0.900. The highest BCUT2D eigenvalue weighted by atomic mass is 32.1. The number of hydrogen-bond donors (Lipinski definition) is 1. The summed E-state index contributed by atoms with van der Waals surface area (Å²) in [6, 6.07) is 4.57. The van der Waals surface area contributed by atoms with E-state index in [1.807, 2.05) is 11.3 Å². The number of nitrogens with zero attached hydrogens (tertiary/aromatic N) is 2. The molecule has 0 aliphatic heterocycles. The van der Waals surface area contributed by atoms with Gasteiger partial charge in [-0.3, -0.25) is 4.68 Å². The molecule has 0 amide bonds. The first-order valence-electron chi connectivity index (χ1n) is 7.52. The van der Waals surface area contributed by atoms with E-state index in [1.165, 1.54) is 26.7 Å². The molecule has 0 unspecified atom stereocenters. The van der Waals surface area contributed by atoms with Crippen LogP contribution in [0, 0.1) is 6.92 Å². The zero-order valence-corrected chi connectivity index (χ0v) is 13.8. The van der Waals surface area contributed by atoms with Gasteiger partial charge < -0.3 is 5.32 Å². The van der Waals surface area contributed by atoms with Crippen molar-refractivity contribution in [1.29, 1.82) is 0 Å². The second-order valence-electron chi connectivity index (χ2n) is 5.07. The molecule has 0 fully saturated rings. The van der Waals surface area contributed by atoms with E-state index < -0.39 is 0 Å². The van der Waals surface area contributed by atoms with E-state index in [0.29, 0.717) is 0 Å². The Kier molecular flexibility index (Phi) is 5.38. The van der Waals surface area contributed by atoms with Gasteiger partial charge in [0.2, 0.25) is 0 Å². The van der Waals surface area contributed by atoms with Crippen molar-refractivity contribution in [2.75, 3.05) is 6.54 Å². The van der Waals surface area contributed by atoms with Crippen LogP contribution in [0.1, 0.15) is 47.5 Å². The van der Waals surface area contributed by atoms with E-state index in [0.717, 1.165) is 32.5 Å². The number of hydrogen-bond acceptors (Lipinski definition) is 3. The second kappa shape index (κ2) is 7.04. The van der Waals surface area contributed by atoms with Crippen LogP contribution in [-0.4, -0.2) is 16.3 Å². The van der Waals surface area contributed by atoms with E-state index in [4.69, 9.17) is 5.10 Å². The Morgan fingerprint density at radius 1 is 1.20 bits per heavy atom. The average Bonchev–Trinajstić information content (AvgIpc) is 3.01. The fourth-order valence-electron chi connectivity index (χ4n) is 2.35. The molecule has 2 aromatic heterocycles. The molecule has 0 atom stereocenters. The maximum absolute atomic E-state index is 4.71. The van der Waals surface area contributed by atoms with Gasteiger partial charge in [-0.2, -0.15) is 5.10 Å². The molecular formula is C16H25N3S. The van der Waals surface area contributed by atoms with Crippen molar-refractivity contribution in [3.8, 4) is 0 Å². The first-order valence-corrected chi connectivity index (χ1v) is 8.34. The van der Waals surface area contributed by atoms with Crippen LogP contribution in [0.3, 0.4) is 0 Å². The van der Waals surface area contributed by atoms with Crippen LogP contribution < -0.4 is 5.32 Å².